The standard InChI is InChI=1S/C20H18N6O/c1-2-25-19-15(12-22-25)18-16(11-21-19)20(27)26-17(23-18)10-14(24-26)9-8-13-6-4-3-5-7-13/h3-7,10-12,23H,2,8-9H2,1H3. The van der Waals surface area contributed by atoms with Crippen molar-refractivity contribution in [2.24, 2.45) is 0 Å². The molecule has 0 aliphatic carbocycles. The van der Waals surface area contributed by atoms with Crippen LogP contribution in [0.15, 0.2) is 53.6 Å². The molecule has 0 fully saturated rings. The Balaban J connectivity index is 1.62. The first kappa shape index (κ1) is 15.7. The Kier molecular flexibility index (Phi) is 3.53. The van der Waals surface area contributed by atoms with Gasteiger partial charge in [-0.1, -0.05) is 30.3 Å². The average Bonchev–Trinajstić information content (AvgIpc) is 3.31. The van der Waals surface area contributed by atoms with Gasteiger partial charge in [0.05, 0.1) is 28.2 Å². The van der Waals surface area contributed by atoms with Crippen LogP contribution < -0.4 is 5.56 Å². The zero-order chi connectivity index (χ0) is 18.4. The van der Waals surface area contributed by atoms with Gasteiger partial charge in [-0.15, -0.1) is 0 Å². The number of aryl methyl sites for hydroxylation is 3. The minimum Gasteiger partial charge on any atom is -0.339 e. The van der Waals surface area contributed by atoms with E-state index in [2.05, 4.69) is 32.3 Å². The van der Waals surface area contributed by atoms with Crippen LogP contribution in [0.4, 0.5) is 0 Å². The van der Waals surface area contributed by atoms with Crippen LogP contribution >= 0.6 is 0 Å². The van der Waals surface area contributed by atoms with E-state index in [1.54, 1.807) is 12.4 Å². The lowest BCUT2D eigenvalue weighted by Crippen LogP contribution is -2.16. The number of nitrogens with zero attached hydrogens (tertiary/aromatic N) is 5. The SMILES string of the molecule is CCn1ncc2c3[nH]c4cc(CCc5ccccc5)nn4c(=O)c3cnc21. The van der Waals surface area contributed by atoms with Crippen LogP contribution in [-0.4, -0.2) is 29.4 Å². The lowest BCUT2D eigenvalue weighted by atomic mass is 10.1. The molecule has 0 saturated heterocycles. The molecule has 0 aliphatic rings. The molecule has 0 amide bonds. The number of benzene rings is 1. The van der Waals surface area contributed by atoms with E-state index in [-0.39, 0.29) is 5.56 Å². The van der Waals surface area contributed by atoms with Crippen LogP contribution in [-0.2, 0) is 19.4 Å². The molecule has 1 aromatic carbocycles. The highest BCUT2D eigenvalue weighted by molar-refractivity contribution is 6.01. The Morgan fingerprint density at radius 2 is 1.93 bits per heavy atom. The van der Waals surface area contributed by atoms with Gasteiger partial charge in [-0.05, 0) is 25.3 Å². The van der Waals surface area contributed by atoms with Crippen molar-refractivity contribution in [1.82, 2.24) is 29.4 Å². The molecular weight excluding hydrogens is 340 g/mol. The molecule has 7 heteroatoms. The molecule has 134 valence electrons. The summed E-state index contributed by atoms with van der Waals surface area (Å²) >= 11 is 0. The van der Waals surface area contributed by atoms with Gasteiger partial charge in [0.15, 0.2) is 5.65 Å². The molecule has 4 heterocycles. The molecule has 0 radical (unpaired) electrons. The molecule has 7 nitrogen and oxygen atoms in total. The third kappa shape index (κ3) is 2.51. The fraction of sp³-hybridized carbons (Fsp3) is 0.200. The molecule has 5 aromatic rings. The molecule has 1 N–H and O–H groups in total. The van der Waals surface area contributed by atoms with E-state index < -0.39 is 0 Å². The topological polar surface area (TPSA) is 80.9 Å². The predicted octanol–water partition coefficient (Wildman–Crippen LogP) is 2.73. The molecular formula is C20H18N6O. The van der Waals surface area contributed by atoms with Crippen molar-refractivity contribution in [3.05, 3.63) is 70.4 Å². The van der Waals surface area contributed by atoms with Gasteiger partial charge in [-0.25, -0.2) is 9.67 Å². The van der Waals surface area contributed by atoms with Gasteiger partial charge in [0, 0.05) is 18.8 Å². The van der Waals surface area contributed by atoms with Crippen molar-refractivity contribution in [2.75, 3.05) is 0 Å². The lowest BCUT2D eigenvalue weighted by molar-refractivity contribution is 0.677. The predicted molar refractivity (Wildman–Crippen MR) is 104 cm³/mol. The summed E-state index contributed by atoms with van der Waals surface area (Å²) in [7, 11) is 0. The Morgan fingerprint density at radius 1 is 1.07 bits per heavy atom. The smallest absolute Gasteiger partial charge is 0.283 e. The van der Waals surface area contributed by atoms with Gasteiger partial charge in [-0.3, -0.25) is 4.79 Å². The number of hydrogen-bond donors (Lipinski definition) is 1. The van der Waals surface area contributed by atoms with Crippen molar-refractivity contribution in [1.29, 1.82) is 0 Å². The fourth-order valence-corrected chi connectivity index (χ4v) is 3.51. The number of fused-ring (bicyclic) bond motifs is 4. The second-order valence-corrected chi connectivity index (χ2v) is 6.59. The normalized spacial score (nSPS) is 11.7. The van der Waals surface area contributed by atoms with Gasteiger partial charge >= 0.3 is 0 Å². The van der Waals surface area contributed by atoms with Crippen LogP contribution in [0.1, 0.15) is 18.2 Å². The summed E-state index contributed by atoms with van der Waals surface area (Å²) in [6.45, 7) is 2.74. The zero-order valence-corrected chi connectivity index (χ0v) is 14.9. The molecule has 0 spiro atoms. The van der Waals surface area contributed by atoms with Gasteiger partial charge in [0.2, 0.25) is 0 Å². The first-order valence-electron chi connectivity index (χ1n) is 9.03. The third-order valence-corrected chi connectivity index (χ3v) is 4.91. The molecule has 27 heavy (non-hydrogen) atoms. The maximum Gasteiger partial charge on any atom is 0.283 e. The van der Waals surface area contributed by atoms with E-state index >= 15 is 0 Å². The summed E-state index contributed by atoms with van der Waals surface area (Å²) in [6.07, 6.45) is 5.02. The van der Waals surface area contributed by atoms with Crippen LogP contribution in [0.2, 0.25) is 0 Å². The number of aromatic amines is 1. The van der Waals surface area contributed by atoms with Gasteiger partial charge in [-0.2, -0.15) is 14.7 Å². The van der Waals surface area contributed by atoms with Gasteiger partial charge < -0.3 is 4.98 Å². The van der Waals surface area contributed by atoms with E-state index in [1.807, 2.05) is 35.9 Å². The van der Waals surface area contributed by atoms with E-state index in [0.717, 1.165) is 41.6 Å². The summed E-state index contributed by atoms with van der Waals surface area (Å²) < 4.78 is 3.25. The molecule has 5 rings (SSSR count). The minimum atomic E-state index is -0.164. The number of H-pyrrole nitrogens is 1. The van der Waals surface area contributed by atoms with E-state index in [9.17, 15) is 4.79 Å². The summed E-state index contributed by atoms with van der Waals surface area (Å²) in [5.74, 6) is 0. The quantitative estimate of drug-likeness (QED) is 0.536. The van der Waals surface area contributed by atoms with Gasteiger partial charge in [0.25, 0.3) is 5.56 Å². The van der Waals surface area contributed by atoms with Crippen molar-refractivity contribution in [2.45, 2.75) is 26.3 Å². The molecule has 0 unspecified atom stereocenters. The van der Waals surface area contributed by atoms with E-state index in [0.29, 0.717) is 11.0 Å². The molecule has 0 bridgehead atoms. The number of nitrogens with one attached hydrogen (secondary N) is 1. The molecule has 0 atom stereocenters. The molecule has 0 aliphatic heterocycles. The number of hydrogen-bond acceptors (Lipinski definition) is 4. The fourth-order valence-electron chi connectivity index (χ4n) is 3.51. The highest BCUT2D eigenvalue weighted by Gasteiger charge is 2.14. The number of aromatic nitrogens is 6. The minimum absolute atomic E-state index is 0.164. The van der Waals surface area contributed by atoms with Crippen LogP contribution in [0.3, 0.4) is 0 Å². The number of rotatable bonds is 4. The summed E-state index contributed by atoms with van der Waals surface area (Å²) in [4.78, 5) is 20.7. The Bertz CT molecular complexity index is 1330. The van der Waals surface area contributed by atoms with E-state index in [1.165, 1.54) is 10.1 Å². The van der Waals surface area contributed by atoms with Gasteiger partial charge in [0.1, 0.15) is 5.65 Å². The van der Waals surface area contributed by atoms with Crippen LogP contribution in [0, 0.1) is 0 Å². The van der Waals surface area contributed by atoms with Crippen LogP contribution in [0.5, 0.6) is 0 Å². The third-order valence-electron chi connectivity index (χ3n) is 4.91. The summed E-state index contributed by atoms with van der Waals surface area (Å²) in [6, 6.07) is 12.2. The Hall–Kier alpha value is -3.48. The zero-order valence-electron chi connectivity index (χ0n) is 14.9. The Morgan fingerprint density at radius 3 is 2.74 bits per heavy atom. The molecule has 0 saturated carbocycles. The first-order chi connectivity index (χ1) is 13.2. The monoisotopic (exact) mass is 358 g/mol. The highest BCUT2D eigenvalue weighted by Crippen LogP contribution is 2.20. The lowest BCUT2D eigenvalue weighted by Gasteiger charge is -2.02. The van der Waals surface area contributed by atoms with Crippen molar-refractivity contribution < 1.29 is 0 Å². The average molecular weight is 358 g/mol. The largest absolute Gasteiger partial charge is 0.339 e. The van der Waals surface area contributed by atoms with Crippen LogP contribution in [0.25, 0.3) is 27.6 Å². The maximum absolute atomic E-state index is 12.9. The highest BCUT2D eigenvalue weighted by atomic mass is 16.1. The Labute approximate surface area is 154 Å². The second kappa shape index (κ2) is 6.05. The summed E-state index contributed by atoms with van der Waals surface area (Å²) in [5.41, 5.74) is 4.19. The first-order valence-corrected chi connectivity index (χ1v) is 9.03. The van der Waals surface area contributed by atoms with Crippen molar-refractivity contribution in [3.63, 3.8) is 0 Å². The summed E-state index contributed by atoms with van der Waals surface area (Å²) in [5, 5.41) is 10.2. The maximum atomic E-state index is 12.9. The second-order valence-electron chi connectivity index (χ2n) is 6.59. The van der Waals surface area contributed by atoms with Crippen molar-refractivity contribution in [3.8, 4) is 0 Å². The molecule has 4 aromatic heterocycles. The van der Waals surface area contributed by atoms with E-state index in [4.69, 9.17) is 0 Å². The number of pyridine rings is 1. The van der Waals surface area contributed by atoms with Crippen molar-refractivity contribution >= 4 is 27.6 Å².